The van der Waals surface area contributed by atoms with Gasteiger partial charge in [0.2, 0.25) is 0 Å². The van der Waals surface area contributed by atoms with Crippen molar-refractivity contribution in [3.05, 3.63) is 143 Å². The predicted octanol–water partition coefficient (Wildman–Crippen LogP) is 7.62. The van der Waals surface area contributed by atoms with Crippen molar-refractivity contribution in [1.82, 2.24) is 48.8 Å². The largest absolute Gasteiger partial charge is 0.497 e. The number of imidazole rings is 2. The number of nitrogens with zero attached hydrogens (tertiary/aromatic N) is 10. The van der Waals surface area contributed by atoms with E-state index in [9.17, 15) is 22.4 Å². The van der Waals surface area contributed by atoms with Crippen molar-refractivity contribution in [2.75, 3.05) is 26.7 Å². The van der Waals surface area contributed by atoms with Gasteiger partial charge in [0.1, 0.15) is 28.4 Å². The van der Waals surface area contributed by atoms with Gasteiger partial charge in [0.25, 0.3) is 0 Å². The molecule has 0 radical (unpaired) electrons. The maximum Gasteiger partial charge on any atom is 0.185 e. The Bertz CT molecular complexity index is 3240. The molecular formula is C48H49FN10O6S2. The van der Waals surface area contributed by atoms with E-state index in [4.69, 9.17) is 9.47 Å². The van der Waals surface area contributed by atoms with Gasteiger partial charge in [-0.25, -0.2) is 32.1 Å². The summed E-state index contributed by atoms with van der Waals surface area (Å²) in [5, 5.41) is 16.2. The molecule has 6 aromatic heterocycles. The summed E-state index contributed by atoms with van der Waals surface area (Å²) >= 11 is 1.44. The Labute approximate surface area is 390 Å². The van der Waals surface area contributed by atoms with Crippen LogP contribution in [0.25, 0.3) is 11.3 Å². The van der Waals surface area contributed by atoms with Crippen molar-refractivity contribution in [3.8, 4) is 11.5 Å². The van der Waals surface area contributed by atoms with Gasteiger partial charge in [-0.3, -0.25) is 9.59 Å². The zero-order valence-corrected chi connectivity index (χ0v) is 39.1. The van der Waals surface area contributed by atoms with Gasteiger partial charge in [0, 0.05) is 54.3 Å². The lowest BCUT2D eigenvalue weighted by Crippen LogP contribution is -2.07. The zero-order valence-electron chi connectivity index (χ0n) is 37.5. The molecule has 2 fully saturated rings. The number of halogens is 1. The van der Waals surface area contributed by atoms with E-state index in [1.807, 2.05) is 45.6 Å². The number of thioether (sulfide) groups is 1. The third kappa shape index (κ3) is 10.6. The van der Waals surface area contributed by atoms with Crippen LogP contribution in [-0.2, 0) is 35.8 Å². The number of fused-ring (bicyclic) bond motifs is 2. The first kappa shape index (κ1) is 45.4. The quantitative estimate of drug-likeness (QED) is 0.0606. The number of carbonyl (C=O) groups excluding carboxylic acids is 2. The fraction of sp³-hybridized carbons (Fsp3) is 0.333. The fourth-order valence-corrected chi connectivity index (χ4v) is 9.67. The highest BCUT2D eigenvalue weighted by Gasteiger charge is 2.25. The van der Waals surface area contributed by atoms with Crippen molar-refractivity contribution >= 4 is 44.5 Å². The lowest BCUT2D eigenvalue weighted by molar-refractivity contribution is 0.0969. The number of ether oxygens (including phenoxy) is 2. The summed E-state index contributed by atoms with van der Waals surface area (Å²) in [5.74, 6) is 1.26. The minimum atomic E-state index is -3.42. The highest BCUT2D eigenvalue weighted by molar-refractivity contribution is 7.98. The molecule has 6 heterocycles. The number of ketones is 2. The number of hydrogen-bond acceptors (Lipinski definition) is 13. The standard InChI is InChI=1S/C24H24FN5O2S.C24H25N5O4S/c1-32-21-8-9-22(33-2)18(24(21)25)6-7-20(31)19-14-30(28-27-19)13-17-12-29-11-16(15-3-4-15)5-10-23(29)26-17;1-33-20-7-9-23(34(2,31)32)17(11-20)5-8-22(30)21-15-29(27-26-21)14-19-13-28-12-18(16-3-4-16)6-10-24(28)25-19/h5,8-12,14-15H,3-4,6-7,13H2,1-2H3;6-7,9-13,15-16H,3-5,8,14H2,1-2H3. The second-order valence-electron chi connectivity index (χ2n) is 16.9. The molecule has 0 N–H and O–H groups in total. The van der Waals surface area contributed by atoms with E-state index < -0.39 is 15.7 Å². The van der Waals surface area contributed by atoms with E-state index in [0.717, 1.165) is 33.8 Å². The summed E-state index contributed by atoms with van der Waals surface area (Å²) in [6.07, 6.45) is 20.2. The summed E-state index contributed by atoms with van der Waals surface area (Å²) in [6.45, 7) is 0.816. The minimum Gasteiger partial charge on any atom is -0.497 e. The van der Waals surface area contributed by atoms with Crippen molar-refractivity contribution in [3.63, 3.8) is 0 Å². The van der Waals surface area contributed by atoms with Crippen LogP contribution in [0, 0.1) is 5.82 Å². The topological polar surface area (TPSA) is 183 Å². The molecule has 0 spiro atoms. The van der Waals surface area contributed by atoms with E-state index in [2.05, 4.69) is 55.1 Å². The lowest BCUT2D eigenvalue weighted by Gasteiger charge is -2.11. The highest BCUT2D eigenvalue weighted by Crippen LogP contribution is 2.41. The number of Topliss-reactive ketones (excluding diaryl/α,β-unsaturated/α-hetero) is 2. The van der Waals surface area contributed by atoms with E-state index >= 15 is 0 Å². The number of rotatable bonds is 18. The summed E-state index contributed by atoms with van der Waals surface area (Å²) in [6, 6.07) is 16.5. The SMILES string of the molecule is COc1ccc(S(C)(=O)=O)c(CCC(=O)c2cn(Cc3cn4cc(C5CC5)ccc4n3)nn2)c1.COc1ccc(SC)c(CCC(=O)c2cn(Cc3cn4cc(C5CC5)ccc4n3)nn2)c1F. The summed E-state index contributed by atoms with van der Waals surface area (Å²) in [5.41, 5.74) is 7.63. The van der Waals surface area contributed by atoms with E-state index in [-0.39, 0.29) is 59.3 Å². The first-order valence-electron chi connectivity index (χ1n) is 21.9. The Morgan fingerprint density at radius 2 is 1.27 bits per heavy atom. The molecule has 16 nitrogen and oxygen atoms in total. The maximum atomic E-state index is 14.7. The number of pyridine rings is 2. The number of methoxy groups -OCH3 is 2. The number of hydrogen-bond donors (Lipinski definition) is 0. The highest BCUT2D eigenvalue weighted by atomic mass is 32.2. The van der Waals surface area contributed by atoms with Crippen LogP contribution in [0.5, 0.6) is 11.5 Å². The minimum absolute atomic E-state index is 0.104. The normalized spacial score (nSPS) is 13.7. The monoisotopic (exact) mass is 944 g/mol. The molecular weight excluding hydrogens is 896 g/mol. The first-order chi connectivity index (χ1) is 32.3. The number of aromatic nitrogens is 10. The van der Waals surface area contributed by atoms with Crippen LogP contribution in [0.3, 0.4) is 0 Å². The van der Waals surface area contributed by atoms with Gasteiger partial charge in [-0.05, 0) is 116 Å². The van der Waals surface area contributed by atoms with Gasteiger partial charge in [-0.2, -0.15) is 0 Å². The van der Waals surface area contributed by atoms with E-state index in [1.165, 1.54) is 68.9 Å². The van der Waals surface area contributed by atoms with E-state index in [0.29, 0.717) is 41.8 Å². The molecule has 0 aliphatic heterocycles. The van der Waals surface area contributed by atoms with E-state index in [1.54, 1.807) is 40.0 Å². The molecule has 8 aromatic rings. The molecule has 2 aliphatic rings. The zero-order chi connectivity index (χ0) is 46.8. The Kier molecular flexibility index (Phi) is 13.0. The lowest BCUT2D eigenvalue weighted by atomic mass is 10.1. The van der Waals surface area contributed by atoms with Gasteiger partial charge < -0.3 is 18.3 Å². The van der Waals surface area contributed by atoms with Crippen molar-refractivity contribution < 1.29 is 31.9 Å². The first-order valence-corrected chi connectivity index (χ1v) is 25.1. The number of benzene rings is 2. The molecule has 10 rings (SSSR count). The summed E-state index contributed by atoms with van der Waals surface area (Å²) in [7, 11) is -0.483. The maximum absolute atomic E-state index is 14.7. The average molecular weight is 945 g/mol. The third-order valence-corrected chi connectivity index (χ3v) is 14.0. The molecule has 0 unspecified atom stereocenters. The van der Waals surface area contributed by atoms with Crippen LogP contribution >= 0.6 is 11.8 Å². The van der Waals surface area contributed by atoms with Crippen LogP contribution in [-0.4, -0.2) is 95.5 Å². The molecule has 2 aromatic carbocycles. The molecule has 0 saturated heterocycles. The Morgan fingerprint density at radius 1 is 0.716 bits per heavy atom. The van der Waals surface area contributed by atoms with Gasteiger partial charge in [-0.15, -0.1) is 22.0 Å². The fourth-order valence-electron chi connectivity index (χ4n) is 8.08. The number of aryl methyl sites for hydroxylation is 1. The molecule has 0 bridgehead atoms. The Hall–Kier alpha value is -6.73. The second kappa shape index (κ2) is 19.2. The molecule has 346 valence electrons. The van der Waals surface area contributed by atoms with Crippen LogP contribution in [0.15, 0.2) is 102 Å². The molecule has 2 aliphatic carbocycles. The van der Waals surface area contributed by atoms with Gasteiger partial charge in [0.15, 0.2) is 33.0 Å². The second-order valence-corrected chi connectivity index (χ2v) is 19.8. The number of carbonyl (C=O) groups is 2. The summed E-state index contributed by atoms with van der Waals surface area (Å²) < 4.78 is 56.4. The molecule has 2 saturated carbocycles. The molecule has 0 amide bonds. The predicted molar refractivity (Wildman–Crippen MR) is 249 cm³/mol. The Morgan fingerprint density at radius 3 is 1.76 bits per heavy atom. The summed E-state index contributed by atoms with van der Waals surface area (Å²) in [4.78, 5) is 35.7. The van der Waals surface area contributed by atoms with Crippen LogP contribution in [0.2, 0.25) is 0 Å². The average Bonchev–Trinajstić information content (AvgIpc) is 4.16. The third-order valence-electron chi connectivity index (χ3n) is 11.9. The van der Waals surface area contributed by atoms with Crippen molar-refractivity contribution in [2.24, 2.45) is 0 Å². The van der Waals surface area contributed by atoms with Crippen LogP contribution in [0.4, 0.5) is 4.39 Å². The molecule has 67 heavy (non-hydrogen) atoms. The van der Waals surface area contributed by atoms with Crippen molar-refractivity contribution in [1.29, 1.82) is 0 Å². The van der Waals surface area contributed by atoms with Crippen LogP contribution in [0.1, 0.15) is 105 Å². The van der Waals surface area contributed by atoms with Gasteiger partial charge in [-0.1, -0.05) is 22.6 Å². The van der Waals surface area contributed by atoms with Crippen molar-refractivity contribution in [2.45, 2.75) is 86.1 Å². The Balaban J connectivity index is 0.000000168. The number of sulfone groups is 1. The molecule has 0 atom stereocenters. The molecule has 19 heteroatoms. The van der Waals surface area contributed by atoms with Crippen LogP contribution < -0.4 is 9.47 Å². The van der Waals surface area contributed by atoms with Gasteiger partial charge in [0.05, 0.1) is 56.0 Å². The van der Waals surface area contributed by atoms with Gasteiger partial charge >= 0.3 is 0 Å². The smallest absolute Gasteiger partial charge is 0.185 e.